The fourth-order valence-corrected chi connectivity index (χ4v) is 4.62. The molecule has 1 aliphatic heterocycles. The summed E-state index contributed by atoms with van der Waals surface area (Å²) >= 11 is 5.76. The van der Waals surface area contributed by atoms with Gasteiger partial charge in [-0.1, -0.05) is 6.07 Å². The molecule has 2 aliphatic rings. The van der Waals surface area contributed by atoms with Crippen LogP contribution in [0.4, 0.5) is 0 Å². The number of nitrogens with one attached hydrogen (secondary N) is 1. The van der Waals surface area contributed by atoms with Crippen molar-refractivity contribution in [1.29, 1.82) is 0 Å². The van der Waals surface area contributed by atoms with Crippen LogP contribution in [-0.2, 0) is 0 Å². The zero-order chi connectivity index (χ0) is 19.1. The van der Waals surface area contributed by atoms with Crippen molar-refractivity contribution in [2.24, 2.45) is 0 Å². The number of aryl methyl sites for hydroxylation is 1. The number of hydrogen-bond acceptors (Lipinski definition) is 3. The highest BCUT2D eigenvalue weighted by Crippen LogP contribution is 2.44. The monoisotopic (exact) mass is 383 g/mol. The Morgan fingerprint density at radius 3 is 2.67 bits per heavy atom. The van der Waals surface area contributed by atoms with Gasteiger partial charge < -0.3 is 19.7 Å². The van der Waals surface area contributed by atoms with Crippen LogP contribution in [0.1, 0.15) is 53.6 Å². The predicted octanol–water partition coefficient (Wildman–Crippen LogP) is 3.37. The fourth-order valence-electron chi connectivity index (χ4n) is 4.29. The van der Waals surface area contributed by atoms with Crippen molar-refractivity contribution in [3.8, 4) is 0 Å². The van der Waals surface area contributed by atoms with Crippen LogP contribution in [0, 0.1) is 13.8 Å². The molecule has 0 spiro atoms. The number of hydrogen-bond donors (Lipinski definition) is 1. The molecule has 2 aromatic rings. The van der Waals surface area contributed by atoms with Gasteiger partial charge in [0.2, 0.25) is 0 Å². The van der Waals surface area contributed by atoms with Gasteiger partial charge in [-0.15, -0.1) is 0 Å². The number of thiocarbonyl (C=S) groups is 1. The molecule has 3 heterocycles. The van der Waals surface area contributed by atoms with Gasteiger partial charge in [0, 0.05) is 36.7 Å². The summed E-state index contributed by atoms with van der Waals surface area (Å²) in [5.74, 6) is 0. The van der Waals surface area contributed by atoms with Gasteiger partial charge in [-0.3, -0.25) is 4.98 Å². The lowest BCUT2D eigenvalue weighted by Gasteiger charge is -2.29. The van der Waals surface area contributed by atoms with Crippen LogP contribution in [-0.4, -0.2) is 51.6 Å². The van der Waals surface area contributed by atoms with Crippen molar-refractivity contribution in [2.75, 3.05) is 27.2 Å². The smallest absolute Gasteiger partial charge is 0.170 e. The van der Waals surface area contributed by atoms with Gasteiger partial charge in [0.15, 0.2) is 5.11 Å². The van der Waals surface area contributed by atoms with E-state index < -0.39 is 0 Å². The van der Waals surface area contributed by atoms with Crippen molar-refractivity contribution < 1.29 is 0 Å². The molecule has 0 bridgehead atoms. The third-order valence-electron chi connectivity index (χ3n) is 5.74. The van der Waals surface area contributed by atoms with Gasteiger partial charge in [-0.25, -0.2) is 0 Å². The van der Waals surface area contributed by atoms with Crippen LogP contribution in [0.2, 0.25) is 0 Å². The summed E-state index contributed by atoms with van der Waals surface area (Å²) in [6.07, 6.45) is 4.46. The van der Waals surface area contributed by atoms with E-state index >= 15 is 0 Å². The molecular weight excluding hydrogens is 354 g/mol. The number of nitrogens with zero attached hydrogens (tertiary/aromatic N) is 4. The first kappa shape index (κ1) is 18.4. The van der Waals surface area contributed by atoms with Gasteiger partial charge >= 0.3 is 0 Å². The molecule has 6 heteroatoms. The third-order valence-corrected chi connectivity index (χ3v) is 6.09. The van der Waals surface area contributed by atoms with Crippen molar-refractivity contribution >= 4 is 17.3 Å². The Bertz CT molecular complexity index is 825. The molecular formula is C21H29N5S. The summed E-state index contributed by atoms with van der Waals surface area (Å²) in [4.78, 5) is 9.21. The normalized spacial score (nSPS) is 22.6. The molecule has 2 fully saturated rings. The number of rotatable bonds is 6. The fraction of sp³-hybridized carbons (Fsp3) is 0.524. The van der Waals surface area contributed by atoms with Crippen molar-refractivity contribution in [1.82, 2.24) is 24.7 Å². The van der Waals surface area contributed by atoms with E-state index in [9.17, 15) is 0 Å². The maximum atomic E-state index is 5.76. The molecule has 1 aliphatic carbocycles. The van der Waals surface area contributed by atoms with Crippen molar-refractivity contribution in [3.63, 3.8) is 0 Å². The van der Waals surface area contributed by atoms with Crippen LogP contribution >= 0.6 is 12.2 Å². The molecule has 2 aromatic heterocycles. The van der Waals surface area contributed by atoms with E-state index in [-0.39, 0.29) is 12.1 Å². The van der Waals surface area contributed by atoms with Crippen molar-refractivity contribution in [2.45, 2.75) is 44.8 Å². The Morgan fingerprint density at radius 1 is 1.26 bits per heavy atom. The molecule has 0 amide bonds. The molecule has 1 saturated heterocycles. The van der Waals surface area contributed by atoms with E-state index in [1.54, 1.807) is 0 Å². The maximum Gasteiger partial charge on any atom is 0.170 e. The van der Waals surface area contributed by atoms with Crippen LogP contribution < -0.4 is 5.32 Å². The van der Waals surface area contributed by atoms with Gasteiger partial charge in [0.1, 0.15) is 0 Å². The second-order valence-electron chi connectivity index (χ2n) is 8.05. The Labute approximate surface area is 167 Å². The standard InChI is InChI=1S/C21H29N5S/c1-14-13-17(15(2)26(14)16-8-9-16)20-19(18-7-5-6-10-22-18)23-21(27)25(20)12-11-24(3)4/h5-7,10,13,16,19-20H,8-9,11-12H2,1-4H3,(H,23,27)/t19-,20+/m1/s1. The summed E-state index contributed by atoms with van der Waals surface area (Å²) in [7, 11) is 4.22. The van der Waals surface area contributed by atoms with Crippen LogP contribution in [0.3, 0.4) is 0 Å². The minimum absolute atomic E-state index is 0.0778. The van der Waals surface area contributed by atoms with Crippen LogP contribution in [0.15, 0.2) is 30.5 Å². The van der Waals surface area contributed by atoms with Crippen molar-refractivity contribution in [3.05, 3.63) is 53.1 Å². The highest BCUT2D eigenvalue weighted by atomic mass is 32.1. The topological polar surface area (TPSA) is 36.3 Å². The molecule has 5 nitrogen and oxygen atoms in total. The maximum absolute atomic E-state index is 5.76. The summed E-state index contributed by atoms with van der Waals surface area (Å²) < 4.78 is 2.52. The lowest BCUT2D eigenvalue weighted by molar-refractivity contribution is 0.277. The average molecular weight is 384 g/mol. The lowest BCUT2D eigenvalue weighted by Crippen LogP contribution is -2.35. The summed E-state index contributed by atoms with van der Waals surface area (Å²) in [5, 5.41) is 4.39. The summed E-state index contributed by atoms with van der Waals surface area (Å²) in [5.41, 5.74) is 5.16. The lowest BCUT2D eigenvalue weighted by atomic mass is 9.97. The van der Waals surface area contributed by atoms with Gasteiger partial charge in [-0.2, -0.15) is 0 Å². The second-order valence-corrected chi connectivity index (χ2v) is 8.44. The zero-order valence-electron chi connectivity index (χ0n) is 16.6. The molecule has 4 rings (SSSR count). The molecule has 144 valence electrons. The van der Waals surface area contributed by atoms with E-state index in [0.29, 0.717) is 6.04 Å². The first-order valence-electron chi connectivity index (χ1n) is 9.78. The van der Waals surface area contributed by atoms with E-state index in [1.807, 2.05) is 12.3 Å². The Kier molecular flexibility index (Phi) is 4.95. The first-order valence-corrected chi connectivity index (χ1v) is 10.2. The van der Waals surface area contributed by atoms with E-state index in [1.165, 1.54) is 29.8 Å². The number of aromatic nitrogens is 2. The number of likely N-dealkylation sites (N-methyl/N-ethyl adjacent to an activating group) is 1. The summed E-state index contributed by atoms with van der Waals surface area (Å²) in [6, 6.07) is 9.42. The molecule has 27 heavy (non-hydrogen) atoms. The highest BCUT2D eigenvalue weighted by Gasteiger charge is 2.41. The Balaban J connectivity index is 1.75. The quantitative estimate of drug-likeness (QED) is 0.774. The zero-order valence-corrected chi connectivity index (χ0v) is 17.5. The third kappa shape index (κ3) is 3.48. The van der Waals surface area contributed by atoms with E-state index in [0.717, 1.165) is 23.9 Å². The van der Waals surface area contributed by atoms with Gasteiger partial charge in [0.05, 0.1) is 17.8 Å². The first-order chi connectivity index (χ1) is 13.0. The highest BCUT2D eigenvalue weighted by molar-refractivity contribution is 7.80. The van der Waals surface area contributed by atoms with Crippen LogP contribution in [0.25, 0.3) is 0 Å². The summed E-state index contributed by atoms with van der Waals surface area (Å²) in [6.45, 7) is 6.37. The molecule has 1 saturated carbocycles. The molecule has 0 unspecified atom stereocenters. The van der Waals surface area contributed by atoms with Gasteiger partial charge in [-0.05, 0) is 76.8 Å². The van der Waals surface area contributed by atoms with E-state index in [4.69, 9.17) is 12.2 Å². The minimum Gasteiger partial charge on any atom is -0.352 e. The Morgan fingerprint density at radius 2 is 2.04 bits per heavy atom. The predicted molar refractivity (Wildman–Crippen MR) is 113 cm³/mol. The second kappa shape index (κ2) is 7.24. The Hall–Kier alpha value is -1.92. The molecule has 0 aromatic carbocycles. The minimum atomic E-state index is 0.0778. The molecule has 2 atom stereocenters. The molecule has 0 radical (unpaired) electrons. The van der Waals surface area contributed by atoms with E-state index in [2.05, 4.69) is 70.8 Å². The van der Waals surface area contributed by atoms with Crippen LogP contribution in [0.5, 0.6) is 0 Å². The SMILES string of the molecule is Cc1cc([C@H]2[C@@H](c3ccccn3)NC(=S)N2CCN(C)C)c(C)n1C1CC1. The number of pyridine rings is 1. The van der Waals surface area contributed by atoms with Gasteiger partial charge in [0.25, 0.3) is 0 Å². The molecule has 1 N–H and O–H groups in total. The average Bonchev–Trinajstić information content (AvgIpc) is 3.35. The largest absolute Gasteiger partial charge is 0.352 e.